The molecule has 2 atom stereocenters. The maximum absolute atomic E-state index is 12.9. The van der Waals surface area contributed by atoms with Crippen LogP contribution < -0.4 is 11.1 Å². The van der Waals surface area contributed by atoms with E-state index in [-0.39, 0.29) is 17.3 Å². The highest BCUT2D eigenvalue weighted by atomic mass is 32.2. The van der Waals surface area contributed by atoms with E-state index in [0.717, 1.165) is 51.3 Å². The summed E-state index contributed by atoms with van der Waals surface area (Å²) >= 11 is 1.58. The smallest absolute Gasteiger partial charge is 0.255 e. The van der Waals surface area contributed by atoms with Crippen molar-refractivity contribution in [3.63, 3.8) is 0 Å². The van der Waals surface area contributed by atoms with Crippen LogP contribution in [0.4, 0.5) is 0 Å². The second kappa shape index (κ2) is 7.24. The number of nitrogens with one attached hydrogen (secondary N) is 2. The van der Waals surface area contributed by atoms with Crippen molar-refractivity contribution in [2.45, 2.75) is 24.8 Å². The Bertz CT molecular complexity index is 1110. The minimum atomic E-state index is -0.300. The standard InChI is InChI=1S/C22H23N5OS/c1-13-19(26-21(29-13)22(28)27-8-7-16(23)12-27)18-11-25-20-17(18)9-15(10-24-20)14-5-3-2-4-6-14/h2-6,9-11,16,21,26H,7-8,12,23H2,1H3,(H,24,25). The quantitative estimate of drug-likeness (QED) is 0.623. The second-order valence-corrected chi connectivity index (χ2v) is 8.91. The zero-order valence-electron chi connectivity index (χ0n) is 16.2. The highest BCUT2D eigenvalue weighted by Gasteiger charge is 2.35. The summed E-state index contributed by atoms with van der Waals surface area (Å²) in [5, 5.41) is 4.19. The van der Waals surface area contributed by atoms with Gasteiger partial charge in [-0.2, -0.15) is 0 Å². The number of rotatable bonds is 3. The number of aromatic nitrogens is 2. The van der Waals surface area contributed by atoms with E-state index in [0.29, 0.717) is 6.54 Å². The van der Waals surface area contributed by atoms with Crippen molar-refractivity contribution in [1.29, 1.82) is 0 Å². The summed E-state index contributed by atoms with van der Waals surface area (Å²) in [4.78, 5) is 23.7. The highest BCUT2D eigenvalue weighted by molar-refractivity contribution is 8.04. The van der Waals surface area contributed by atoms with Crippen LogP contribution >= 0.6 is 11.8 Å². The highest BCUT2D eigenvalue weighted by Crippen LogP contribution is 2.38. The van der Waals surface area contributed by atoms with Gasteiger partial charge in [0.25, 0.3) is 5.91 Å². The lowest BCUT2D eigenvalue weighted by molar-refractivity contribution is -0.129. The van der Waals surface area contributed by atoms with Gasteiger partial charge < -0.3 is 20.9 Å². The van der Waals surface area contributed by atoms with Gasteiger partial charge in [-0.15, -0.1) is 0 Å². The van der Waals surface area contributed by atoms with Crippen LogP contribution in [0.25, 0.3) is 27.9 Å². The summed E-state index contributed by atoms with van der Waals surface area (Å²) in [5.74, 6) is 0.111. The molecule has 2 aliphatic heterocycles. The molecule has 5 rings (SSSR count). The molecule has 0 saturated carbocycles. The fourth-order valence-corrected chi connectivity index (χ4v) is 5.10. The number of H-pyrrole nitrogens is 1. The number of hydrogen-bond donors (Lipinski definition) is 3. The van der Waals surface area contributed by atoms with Crippen LogP contribution in [0, 0.1) is 0 Å². The molecule has 1 amide bonds. The molecule has 29 heavy (non-hydrogen) atoms. The van der Waals surface area contributed by atoms with E-state index in [9.17, 15) is 4.79 Å². The Hall–Kier alpha value is -2.77. The van der Waals surface area contributed by atoms with Crippen LogP contribution in [-0.2, 0) is 4.79 Å². The number of pyridine rings is 1. The van der Waals surface area contributed by atoms with Gasteiger partial charge in [-0.1, -0.05) is 42.1 Å². The molecule has 4 N–H and O–H groups in total. The predicted molar refractivity (Wildman–Crippen MR) is 118 cm³/mol. The largest absolute Gasteiger partial charge is 0.364 e. The van der Waals surface area contributed by atoms with Crippen LogP contribution in [0.5, 0.6) is 0 Å². The molecule has 2 aliphatic rings. The van der Waals surface area contributed by atoms with Gasteiger partial charge in [0.1, 0.15) is 5.65 Å². The van der Waals surface area contributed by atoms with E-state index in [1.807, 2.05) is 35.5 Å². The fraction of sp³-hybridized carbons (Fsp3) is 0.273. The van der Waals surface area contributed by atoms with E-state index >= 15 is 0 Å². The van der Waals surface area contributed by atoms with Gasteiger partial charge in [-0.25, -0.2) is 4.98 Å². The third-order valence-corrected chi connectivity index (χ3v) is 6.70. The summed E-state index contributed by atoms with van der Waals surface area (Å²) in [6.07, 6.45) is 4.73. The van der Waals surface area contributed by atoms with E-state index in [1.54, 1.807) is 11.8 Å². The van der Waals surface area contributed by atoms with Crippen molar-refractivity contribution in [3.05, 3.63) is 59.3 Å². The first-order chi connectivity index (χ1) is 14.1. The van der Waals surface area contributed by atoms with Gasteiger partial charge in [-0.3, -0.25) is 4.79 Å². The third kappa shape index (κ3) is 3.30. The summed E-state index contributed by atoms with van der Waals surface area (Å²) in [7, 11) is 0. The normalized spacial score (nSPS) is 21.8. The molecular formula is C22H23N5OS. The Morgan fingerprint density at radius 2 is 2.10 bits per heavy atom. The minimum Gasteiger partial charge on any atom is -0.364 e. The van der Waals surface area contributed by atoms with E-state index in [2.05, 4.69) is 40.4 Å². The first kappa shape index (κ1) is 18.3. The van der Waals surface area contributed by atoms with Gasteiger partial charge in [0.05, 0.1) is 5.70 Å². The van der Waals surface area contributed by atoms with Crippen LogP contribution in [0.15, 0.2) is 53.7 Å². The molecule has 2 aromatic heterocycles. The molecule has 2 unspecified atom stereocenters. The topological polar surface area (TPSA) is 87.0 Å². The number of carbonyl (C=O) groups excluding carboxylic acids is 1. The van der Waals surface area contributed by atoms with Crippen LogP contribution in [0.2, 0.25) is 0 Å². The third-order valence-electron chi connectivity index (χ3n) is 5.59. The molecule has 4 heterocycles. The number of fused-ring (bicyclic) bond motifs is 1. The molecule has 0 radical (unpaired) electrons. The molecular weight excluding hydrogens is 382 g/mol. The number of amides is 1. The van der Waals surface area contributed by atoms with E-state index < -0.39 is 0 Å². The molecule has 6 nitrogen and oxygen atoms in total. The first-order valence-electron chi connectivity index (χ1n) is 9.81. The number of allylic oxidation sites excluding steroid dienone is 1. The molecule has 0 bridgehead atoms. The van der Waals surface area contributed by atoms with E-state index in [1.165, 1.54) is 0 Å². The number of hydrogen-bond acceptors (Lipinski definition) is 5. The molecule has 3 aromatic rings. The zero-order chi connectivity index (χ0) is 20.0. The predicted octanol–water partition coefficient (Wildman–Crippen LogP) is 3.14. The Kier molecular flexibility index (Phi) is 4.56. The molecule has 148 valence electrons. The molecule has 0 spiro atoms. The number of aromatic amines is 1. The molecule has 1 saturated heterocycles. The van der Waals surface area contributed by atoms with Gasteiger partial charge in [-0.05, 0) is 25.0 Å². The van der Waals surface area contributed by atoms with Gasteiger partial charge in [0, 0.05) is 52.9 Å². The average molecular weight is 406 g/mol. The second-order valence-electron chi connectivity index (χ2n) is 7.59. The van der Waals surface area contributed by atoms with Crippen molar-refractivity contribution in [3.8, 4) is 11.1 Å². The Morgan fingerprint density at radius 3 is 2.86 bits per heavy atom. The molecule has 0 aliphatic carbocycles. The lowest BCUT2D eigenvalue weighted by atomic mass is 10.0. The number of likely N-dealkylation sites (tertiary alicyclic amines) is 1. The van der Waals surface area contributed by atoms with Crippen LogP contribution in [0.3, 0.4) is 0 Å². The maximum atomic E-state index is 12.9. The fourth-order valence-electron chi connectivity index (χ4n) is 4.03. The molecule has 1 fully saturated rings. The van der Waals surface area contributed by atoms with Crippen molar-refractivity contribution in [2.24, 2.45) is 5.73 Å². The summed E-state index contributed by atoms with van der Waals surface area (Å²) in [5.41, 5.74) is 11.1. The van der Waals surface area contributed by atoms with Crippen LogP contribution in [-0.4, -0.2) is 45.3 Å². The Morgan fingerprint density at radius 1 is 1.28 bits per heavy atom. The number of nitrogens with two attached hydrogens (primary N) is 1. The number of nitrogens with zero attached hydrogens (tertiary/aromatic N) is 2. The van der Waals surface area contributed by atoms with Crippen LogP contribution in [0.1, 0.15) is 18.9 Å². The Labute approximate surface area is 173 Å². The van der Waals surface area contributed by atoms with Gasteiger partial charge in [0.2, 0.25) is 0 Å². The first-order valence-corrected chi connectivity index (χ1v) is 10.7. The van der Waals surface area contributed by atoms with Crippen molar-refractivity contribution in [2.75, 3.05) is 13.1 Å². The summed E-state index contributed by atoms with van der Waals surface area (Å²) in [6, 6.07) is 12.5. The molecule has 1 aromatic carbocycles. The van der Waals surface area contributed by atoms with Crippen molar-refractivity contribution in [1.82, 2.24) is 20.2 Å². The summed E-state index contributed by atoms with van der Waals surface area (Å²) < 4.78 is 0. The average Bonchev–Trinajstić information content (AvgIpc) is 3.45. The lowest BCUT2D eigenvalue weighted by Gasteiger charge is -2.20. The SMILES string of the molecule is CC1=C(c2c[nH]c3ncc(-c4ccccc4)cc23)NC(C(=O)N2CCC(N)C2)S1. The Balaban J connectivity index is 1.44. The van der Waals surface area contributed by atoms with Gasteiger partial charge in [0.15, 0.2) is 5.37 Å². The number of benzene rings is 1. The minimum absolute atomic E-state index is 0.0926. The van der Waals surface area contributed by atoms with Gasteiger partial charge >= 0.3 is 0 Å². The van der Waals surface area contributed by atoms with E-state index in [4.69, 9.17) is 5.73 Å². The van der Waals surface area contributed by atoms with Crippen molar-refractivity contribution >= 4 is 34.4 Å². The number of thioether (sulfide) groups is 1. The number of carbonyl (C=O) groups is 1. The zero-order valence-corrected chi connectivity index (χ0v) is 17.0. The monoisotopic (exact) mass is 405 g/mol. The molecule has 7 heteroatoms. The maximum Gasteiger partial charge on any atom is 0.255 e. The van der Waals surface area contributed by atoms with Crippen molar-refractivity contribution < 1.29 is 4.79 Å². The summed E-state index contributed by atoms with van der Waals surface area (Å²) in [6.45, 7) is 3.44. The lowest BCUT2D eigenvalue weighted by Crippen LogP contribution is -2.42.